The first-order valence-corrected chi connectivity index (χ1v) is 5.33. The Hall–Kier alpha value is 0.177. The monoisotopic (exact) mass is 131 g/mol. The maximum absolute atomic E-state index is 3.42. The average Bonchev–Trinajstić information content (AvgIpc) is 1.81. The molecule has 0 bridgehead atoms. The fourth-order valence-corrected chi connectivity index (χ4v) is 2.03. The largest absolute Gasteiger partial charge is 0.342 e. The average molecular weight is 131 g/mol. The zero-order valence-corrected chi connectivity index (χ0v) is 7.45. The summed E-state index contributed by atoms with van der Waals surface area (Å²) in [4.78, 5) is 3.42. The summed E-state index contributed by atoms with van der Waals surface area (Å²) in [5.74, 6) is 0. The fourth-order valence-electron chi connectivity index (χ4n) is 0.677. The summed E-state index contributed by atoms with van der Waals surface area (Å²) in [6.07, 6.45) is 2.79. The Balaban J connectivity index is 2.53. The molecule has 1 nitrogen and oxygen atoms in total. The van der Waals surface area contributed by atoms with Crippen molar-refractivity contribution >= 4 is 9.68 Å². The van der Waals surface area contributed by atoms with E-state index in [0.717, 1.165) is 0 Å². The first kappa shape index (κ1) is 8.18. The molecular weight excluding hydrogens is 114 g/mol. The number of nitrogens with one attached hydrogen (secondary N) is 1. The molecule has 50 valence electrons. The number of hydrogen-bond donors (Lipinski definition) is 1. The third-order valence-corrected chi connectivity index (χ3v) is 2.91. The molecule has 0 aromatic carbocycles. The van der Waals surface area contributed by atoms with Crippen molar-refractivity contribution in [1.29, 1.82) is 0 Å². The molecule has 0 spiro atoms. The lowest BCUT2D eigenvalue weighted by Crippen LogP contribution is -2.17. The summed E-state index contributed by atoms with van der Waals surface area (Å²) in [5, 5.41) is 0. The van der Waals surface area contributed by atoms with Crippen molar-refractivity contribution in [3.63, 3.8) is 0 Å². The van der Waals surface area contributed by atoms with Gasteiger partial charge in [0, 0.05) is 0 Å². The molecule has 0 aliphatic heterocycles. The molecule has 1 N–H and O–H groups in total. The molecule has 0 atom stereocenters. The Morgan fingerprint density at radius 3 is 2.62 bits per heavy atom. The van der Waals surface area contributed by atoms with Gasteiger partial charge in [-0.2, -0.15) is 0 Å². The van der Waals surface area contributed by atoms with E-state index in [0.29, 0.717) is 0 Å². The Bertz CT molecular complexity index is 33.5. The van der Waals surface area contributed by atoms with E-state index in [4.69, 9.17) is 0 Å². The summed E-state index contributed by atoms with van der Waals surface area (Å²) in [6, 6.07) is 1.48. The summed E-state index contributed by atoms with van der Waals surface area (Å²) in [7, 11) is 0.150. The normalized spacial score (nSPS) is 11.2. The van der Waals surface area contributed by atoms with E-state index in [1.54, 1.807) is 0 Å². The van der Waals surface area contributed by atoms with E-state index < -0.39 is 0 Å². The molecule has 0 radical (unpaired) electrons. The summed E-state index contributed by atoms with van der Waals surface area (Å²) in [6.45, 7) is 5.61. The Morgan fingerprint density at radius 2 is 2.12 bits per heavy atom. The van der Waals surface area contributed by atoms with Crippen LogP contribution in [0.4, 0.5) is 0 Å². The van der Waals surface area contributed by atoms with Crippen LogP contribution in [0.15, 0.2) is 0 Å². The van der Waals surface area contributed by atoms with Crippen LogP contribution < -0.4 is 4.98 Å². The van der Waals surface area contributed by atoms with Gasteiger partial charge in [0.25, 0.3) is 0 Å². The van der Waals surface area contributed by atoms with Crippen LogP contribution in [0.5, 0.6) is 0 Å². The molecule has 0 rings (SSSR count). The highest BCUT2D eigenvalue weighted by Crippen LogP contribution is 1.90. The van der Waals surface area contributed by atoms with E-state index in [2.05, 4.69) is 18.8 Å². The van der Waals surface area contributed by atoms with E-state index >= 15 is 0 Å². The fraction of sp³-hybridized carbons (Fsp3) is 1.00. The van der Waals surface area contributed by atoms with Crippen LogP contribution in [0.1, 0.15) is 26.7 Å². The molecule has 0 unspecified atom stereocenters. The highest BCUT2D eigenvalue weighted by molar-refractivity contribution is 6.31. The second kappa shape index (κ2) is 7.18. The first-order valence-electron chi connectivity index (χ1n) is 3.62. The zero-order valence-electron chi connectivity index (χ0n) is 6.04. The van der Waals surface area contributed by atoms with Crippen molar-refractivity contribution < 1.29 is 0 Å². The van der Waals surface area contributed by atoms with Crippen molar-refractivity contribution in [3.8, 4) is 0 Å². The highest BCUT2D eigenvalue weighted by atomic mass is 28.2. The lowest BCUT2D eigenvalue weighted by atomic mass is 10.4. The molecule has 0 amide bonds. The molecule has 0 heterocycles. The molecule has 0 aliphatic carbocycles. The third-order valence-electron chi connectivity index (χ3n) is 1.21. The van der Waals surface area contributed by atoms with E-state index in [1.165, 1.54) is 25.4 Å². The van der Waals surface area contributed by atoms with Crippen LogP contribution in [-0.2, 0) is 0 Å². The summed E-state index contributed by atoms with van der Waals surface area (Å²) in [5.41, 5.74) is 0. The Labute approximate surface area is 54.8 Å². The number of hydrogen-bond acceptors (Lipinski definition) is 1. The Kier molecular flexibility index (Phi) is 7.34. The van der Waals surface area contributed by atoms with Crippen molar-refractivity contribution in [2.75, 3.05) is 6.54 Å². The van der Waals surface area contributed by atoms with Gasteiger partial charge in [-0.3, -0.25) is 0 Å². The van der Waals surface area contributed by atoms with Gasteiger partial charge in [0.2, 0.25) is 0 Å². The molecular formula is C6H17NSi. The predicted molar refractivity (Wildman–Crippen MR) is 41.9 cm³/mol. The third kappa shape index (κ3) is 6.18. The highest BCUT2D eigenvalue weighted by Gasteiger charge is 1.82. The minimum absolute atomic E-state index is 0.150. The number of unbranched alkanes of at least 4 members (excludes halogenated alkanes) is 1. The van der Waals surface area contributed by atoms with Gasteiger partial charge in [0.15, 0.2) is 0 Å². The van der Waals surface area contributed by atoms with Crippen molar-refractivity contribution in [2.24, 2.45) is 0 Å². The van der Waals surface area contributed by atoms with Gasteiger partial charge >= 0.3 is 0 Å². The van der Waals surface area contributed by atoms with E-state index in [1.807, 2.05) is 0 Å². The van der Waals surface area contributed by atoms with Gasteiger partial charge in [0.1, 0.15) is 0 Å². The van der Waals surface area contributed by atoms with Gasteiger partial charge in [-0.15, -0.1) is 0 Å². The standard InChI is InChI=1S/C6H17NSi/c1-3-5-6-8-7-4-2/h7H,3-6,8H2,1-2H3. The van der Waals surface area contributed by atoms with Crippen LogP contribution in [0.3, 0.4) is 0 Å². The topological polar surface area (TPSA) is 12.0 Å². The van der Waals surface area contributed by atoms with Crippen molar-refractivity contribution in [3.05, 3.63) is 0 Å². The van der Waals surface area contributed by atoms with Crippen molar-refractivity contribution in [1.82, 2.24) is 4.98 Å². The molecule has 0 aromatic rings. The Morgan fingerprint density at radius 1 is 1.38 bits per heavy atom. The van der Waals surface area contributed by atoms with Gasteiger partial charge in [0.05, 0.1) is 9.68 Å². The predicted octanol–water partition coefficient (Wildman–Crippen LogP) is 0.898. The SMILES string of the molecule is CCCC[SiH2]NCC. The summed E-state index contributed by atoms with van der Waals surface area (Å²) < 4.78 is 0. The van der Waals surface area contributed by atoms with Gasteiger partial charge in [-0.1, -0.05) is 26.7 Å². The lowest BCUT2D eigenvalue weighted by Gasteiger charge is -1.96. The molecule has 0 aliphatic rings. The lowest BCUT2D eigenvalue weighted by molar-refractivity contribution is 0.864. The molecule has 8 heavy (non-hydrogen) atoms. The van der Waals surface area contributed by atoms with E-state index in [9.17, 15) is 0 Å². The maximum Gasteiger partial charge on any atom is 0.0916 e. The van der Waals surface area contributed by atoms with Gasteiger partial charge in [-0.25, -0.2) is 0 Å². The van der Waals surface area contributed by atoms with Crippen LogP contribution in [0.25, 0.3) is 0 Å². The smallest absolute Gasteiger partial charge is 0.0916 e. The maximum atomic E-state index is 3.42. The summed E-state index contributed by atoms with van der Waals surface area (Å²) >= 11 is 0. The van der Waals surface area contributed by atoms with Crippen molar-refractivity contribution in [2.45, 2.75) is 32.7 Å². The van der Waals surface area contributed by atoms with Crippen LogP contribution in [0, 0.1) is 0 Å². The second-order valence-electron chi connectivity index (χ2n) is 2.06. The first-order chi connectivity index (χ1) is 3.91. The molecule has 0 aromatic heterocycles. The molecule has 0 saturated carbocycles. The molecule has 0 saturated heterocycles. The van der Waals surface area contributed by atoms with Gasteiger partial charge in [-0.05, 0) is 12.6 Å². The van der Waals surface area contributed by atoms with E-state index in [-0.39, 0.29) is 9.68 Å². The van der Waals surface area contributed by atoms with Gasteiger partial charge < -0.3 is 4.98 Å². The van der Waals surface area contributed by atoms with Crippen LogP contribution in [-0.4, -0.2) is 16.2 Å². The minimum atomic E-state index is 0.150. The number of rotatable bonds is 5. The minimum Gasteiger partial charge on any atom is -0.342 e. The second-order valence-corrected chi connectivity index (χ2v) is 3.77. The zero-order chi connectivity index (χ0) is 6.24. The quantitative estimate of drug-likeness (QED) is 0.432. The molecule has 2 heteroatoms. The van der Waals surface area contributed by atoms with Crippen LogP contribution >= 0.6 is 0 Å². The van der Waals surface area contributed by atoms with Crippen LogP contribution in [0.2, 0.25) is 6.04 Å². The molecule has 0 fully saturated rings.